The third-order valence-corrected chi connectivity index (χ3v) is 7.06. The molecule has 0 saturated heterocycles. The molecular weight excluding hydrogens is 466 g/mol. The van der Waals surface area contributed by atoms with Gasteiger partial charge in [-0.1, -0.05) is 47.5 Å². The zero-order valence-electron chi connectivity index (χ0n) is 19.3. The monoisotopic (exact) mass is 491 g/mol. The molecule has 0 aliphatic carbocycles. The van der Waals surface area contributed by atoms with Gasteiger partial charge in [0.1, 0.15) is 11.5 Å². The largest absolute Gasteiger partial charge is 0.459 e. The van der Waals surface area contributed by atoms with E-state index in [1.165, 1.54) is 22.8 Å². The molecule has 4 aromatic rings. The van der Waals surface area contributed by atoms with Crippen molar-refractivity contribution in [3.05, 3.63) is 113 Å². The van der Waals surface area contributed by atoms with Crippen LogP contribution < -0.4 is 5.43 Å². The summed E-state index contributed by atoms with van der Waals surface area (Å²) < 4.78 is 39.1. The van der Waals surface area contributed by atoms with Crippen molar-refractivity contribution in [3.8, 4) is 0 Å². The summed E-state index contributed by atoms with van der Waals surface area (Å²) >= 11 is 0. The molecule has 0 radical (unpaired) electrons. The summed E-state index contributed by atoms with van der Waals surface area (Å²) in [5.74, 6) is 0.441. The van der Waals surface area contributed by atoms with Crippen molar-refractivity contribution in [2.45, 2.75) is 31.8 Å². The van der Waals surface area contributed by atoms with Crippen molar-refractivity contribution in [2.24, 2.45) is 5.10 Å². The maximum absolute atomic E-state index is 13.5. The number of nitrogens with one attached hydrogen (secondary N) is 1. The number of rotatable bonds is 9. The summed E-state index contributed by atoms with van der Waals surface area (Å²) in [6, 6.07) is 20.9. The van der Waals surface area contributed by atoms with Crippen LogP contribution in [0, 0.1) is 13.8 Å². The minimum absolute atomic E-state index is 0.0245. The number of hydrogen-bond donors (Lipinski definition) is 1. The highest BCUT2D eigenvalue weighted by Crippen LogP contribution is 2.22. The van der Waals surface area contributed by atoms with Crippen LogP contribution in [0.3, 0.4) is 0 Å². The number of furan rings is 2. The quantitative estimate of drug-likeness (QED) is 0.271. The molecule has 9 heteroatoms. The summed E-state index contributed by atoms with van der Waals surface area (Å²) in [6.45, 7) is 4.09. The Hall–Kier alpha value is -3.95. The standard InChI is InChI=1S/C26H25N3O5S/c1-19-5-9-21(10-6-19)17-29(35(31,32)24-13-7-20(2)8-14-24)18-23-12-11-22(34-23)16-27-28-26(30)25-4-3-15-33-25/h3-16H,17-18H2,1-2H3,(H,28,30)/b27-16-. The Bertz CT molecular complexity index is 1400. The Kier molecular flexibility index (Phi) is 7.28. The topological polar surface area (TPSA) is 105 Å². The second-order valence-electron chi connectivity index (χ2n) is 8.05. The van der Waals surface area contributed by atoms with Crippen LogP contribution in [0.5, 0.6) is 0 Å². The van der Waals surface area contributed by atoms with Crippen molar-refractivity contribution < 1.29 is 22.0 Å². The van der Waals surface area contributed by atoms with Crippen LogP contribution in [0.1, 0.15) is 38.8 Å². The molecule has 2 aromatic heterocycles. The van der Waals surface area contributed by atoms with Gasteiger partial charge in [0.15, 0.2) is 5.76 Å². The highest BCUT2D eigenvalue weighted by atomic mass is 32.2. The van der Waals surface area contributed by atoms with E-state index in [1.54, 1.807) is 42.5 Å². The summed E-state index contributed by atoms with van der Waals surface area (Å²) in [5.41, 5.74) is 5.27. The van der Waals surface area contributed by atoms with Crippen molar-refractivity contribution in [3.63, 3.8) is 0 Å². The fourth-order valence-corrected chi connectivity index (χ4v) is 4.72. The van der Waals surface area contributed by atoms with E-state index in [0.29, 0.717) is 11.5 Å². The summed E-state index contributed by atoms with van der Waals surface area (Å²) in [4.78, 5) is 12.1. The summed E-state index contributed by atoms with van der Waals surface area (Å²) in [5, 5.41) is 3.86. The highest BCUT2D eigenvalue weighted by molar-refractivity contribution is 7.89. The average molecular weight is 492 g/mol. The second-order valence-corrected chi connectivity index (χ2v) is 9.99. The van der Waals surface area contributed by atoms with Gasteiger partial charge in [-0.05, 0) is 55.8 Å². The number of carbonyl (C=O) groups is 1. The first-order chi connectivity index (χ1) is 16.8. The van der Waals surface area contributed by atoms with Gasteiger partial charge in [-0.25, -0.2) is 13.8 Å². The number of hydrazone groups is 1. The minimum atomic E-state index is -3.80. The lowest BCUT2D eigenvalue weighted by atomic mass is 10.1. The van der Waals surface area contributed by atoms with E-state index in [2.05, 4.69) is 10.5 Å². The Morgan fingerprint density at radius 3 is 2.29 bits per heavy atom. The van der Waals surface area contributed by atoms with Crippen LogP contribution in [-0.2, 0) is 23.1 Å². The molecule has 0 fully saturated rings. The molecule has 0 unspecified atom stereocenters. The molecule has 35 heavy (non-hydrogen) atoms. The number of amides is 1. The molecule has 0 aliphatic rings. The zero-order valence-corrected chi connectivity index (χ0v) is 20.2. The van der Waals surface area contributed by atoms with Gasteiger partial charge in [0.05, 0.1) is 23.9 Å². The van der Waals surface area contributed by atoms with Crippen LogP contribution in [0.15, 0.2) is 97.9 Å². The lowest BCUT2D eigenvalue weighted by Crippen LogP contribution is -2.30. The first-order valence-electron chi connectivity index (χ1n) is 10.9. The lowest BCUT2D eigenvalue weighted by molar-refractivity contribution is 0.0927. The predicted octanol–water partition coefficient (Wildman–Crippen LogP) is 4.64. The van der Waals surface area contributed by atoms with Crippen molar-refractivity contribution in [1.82, 2.24) is 9.73 Å². The van der Waals surface area contributed by atoms with E-state index in [4.69, 9.17) is 8.83 Å². The van der Waals surface area contributed by atoms with Gasteiger partial charge in [-0.2, -0.15) is 9.41 Å². The van der Waals surface area contributed by atoms with Gasteiger partial charge in [0.25, 0.3) is 0 Å². The fraction of sp³-hybridized carbons (Fsp3) is 0.154. The van der Waals surface area contributed by atoms with E-state index in [1.807, 2.05) is 38.1 Å². The van der Waals surface area contributed by atoms with Crippen LogP contribution in [0.4, 0.5) is 0 Å². The number of aryl methyl sites for hydroxylation is 2. The summed E-state index contributed by atoms with van der Waals surface area (Å²) in [6.07, 6.45) is 2.73. The zero-order chi connectivity index (χ0) is 24.8. The maximum Gasteiger partial charge on any atom is 0.307 e. The minimum Gasteiger partial charge on any atom is -0.459 e. The predicted molar refractivity (Wildman–Crippen MR) is 131 cm³/mol. The molecular formula is C26H25N3O5S. The van der Waals surface area contributed by atoms with Gasteiger partial charge >= 0.3 is 5.91 Å². The molecule has 2 heterocycles. The van der Waals surface area contributed by atoms with E-state index in [-0.39, 0.29) is 23.7 Å². The molecule has 4 rings (SSSR count). The van der Waals surface area contributed by atoms with Gasteiger partial charge < -0.3 is 8.83 Å². The molecule has 1 amide bonds. The van der Waals surface area contributed by atoms with Crippen LogP contribution in [-0.4, -0.2) is 24.8 Å². The van der Waals surface area contributed by atoms with Crippen molar-refractivity contribution >= 4 is 22.1 Å². The van der Waals surface area contributed by atoms with E-state index in [9.17, 15) is 13.2 Å². The Morgan fingerprint density at radius 2 is 1.63 bits per heavy atom. The average Bonchev–Trinajstić information content (AvgIpc) is 3.53. The van der Waals surface area contributed by atoms with Gasteiger partial charge in [0.2, 0.25) is 10.0 Å². The highest BCUT2D eigenvalue weighted by Gasteiger charge is 2.26. The third kappa shape index (κ3) is 6.14. The molecule has 180 valence electrons. The van der Waals surface area contributed by atoms with Crippen LogP contribution in [0.25, 0.3) is 0 Å². The number of carbonyl (C=O) groups excluding carboxylic acids is 1. The third-order valence-electron chi connectivity index (χ3n) is 5.26. The Labute approximate surface area is 203 Å². The number of hydrogen-bond acceptors (Lipinski definition) is 6. The van der Waals surface area contributed by atoms with Gasteiger partial charge in [-0.3, -0.25) is 4.79 Å². The smallest absolute Gasteiger partial charge is 0.307 e. The molecule has 0 spiro atoms. The molecule has 8 nitrogen and oxygen atoms in total. The van der Waals surface area contributed by atoms with E-state index < -0.39 is 15.9 Å². The lowest BCUT2D eigenvalue weighted by Gasteiger charge is -2.21. The number of nitrogens with zero attached hydrogens (tertiary/aromatic N) is 2. The fourth-order valence-electron chi connectivity index (χ4n) is 3.32. The normalized spacial score (nSPS) is 11.9. The van der Waals surface area contributed by atoms with Crippen LogP contribution >= 0.6 is 0 Å². The maximum atomic E-state index is 13.5. The Balaban J connectivity index is 1.52. The molecule has 0 bridgehead atoms. The van der Waals surface area contributed by atoms with Crippen molar-refractivity contribution in [2.75, 3.05) is 0 Å². The molecule has 1 N–H and O–H groups in total. The van der Waals surface area contributed by atoms with Gasteiger partial charge in [-0.15, -0.1) is 0 Å². The second kappa shape index (κ2) is 10.5. The molecule has 0 saturated carbocycles. The number of sulfonamides is 1. The molecule has 2 aromatic carbocycles. The summed E-state index contributed by atoms with van der Waals surface area (Å²) in [7, 11) is -3.80. The Morgan fingerprint density at radius 1 is 0.943 bits per heavy atom. The number of benzene rings is 2. The van der Waals surface area contributed by atoms with E-state index in [0.717, 1.165) is 16.7 Å². The van der Waals surface area contributed by atoms with Crippen molar-refractivity contribution in [1.29, 1.82) is 0 Å². The van der Waals surface area contributed by atoms with Crippen LogP contribution in [0.2, 0.25) is 0 Å². The van der Waals surface area contributed by atoms with E-state index >= 15 is 0 Å². The first-order valence-corrected chi connectivity index (χ1v) is 12.3. The molecule has 0 aliphatic heterocycles. The van der Waals surface area contributed by atoms with Gasteiger partial charge in [0, 0.05) is 6.54 Å². The first kappa shape index (κ1) is 24.2. The molecule has 0 atom stereocenters. The SMILES string of the molecule is Cc1ccc(CN(Cc2ccc(/C=N\NC(=O)c3ccco3)o2)S(=O)(=O)c2ccc(C)cc2)cc1.